The normalized spacial score (nSPS) is 12.7. The Hall–Kier alpha value is -2.65. The van der Waals surface area contributed by atoms with Gasteiger partial charge in [-0.2, -0.15) is 0 Å². The molecule has 154 valence electrons. The second-order valence-electron chi connectivity index (χ2n) is 7.10. The Bertz CT molecular complexity index is 1260. The summed E-state index contributed by atoms with van der Waals surface area (Å²) in [5.41, 5.74) is 3.70. The van der Waals surface area contributed by atoms with Crippen LogP contribution in [0.2, 0.25) is 0 Å². The highest BCUT2D eigenvalue weighted by Crippen LogP contribution is 2.25. The molecule has 3 aromatic rings. The number of rotatable bonds is 5. The number of hydrogen-bond acceptors (Lipinski definition) is 5. The van der Waals surface area contributed by atoms with Crippen LogP contribution in [0.15, 0.2) is 41.2 Å². The number of amides is 1. The van der Waals surface area contributed by atoms with Crippen LogP contribution in [-0.4, -0.2) is 31.2 Å². The Morgan fingerprint density at radius 1 is 1.14 bits per heavy atom. The summed E-state index contributed by atoms with van der Waals surface area (Å²) in [7, 11) is -2.00. The predicted octanol–water partition coefficient (Wildman–Crippen LogP) is 3.01. The zero-order valence-corrected chi connectivity index (χ0v) is 18.5. The van der Waals surface area contributed by atoms with Gasteiger partial charge in [-0.05, 0) is 62.2 Å². The predicted molar refractivity (Wildman–Crippen MR) is 118 cm³/mol. The second kappa shape index (κ2) is 7.64. The first-order valence-electron chi connectivity index (χ1n) is 8.96. The van der Waals surface area contributed by atoms with Crippen molar-refractivity contribution in [3.05, 3.63) is 57.2 Å². The summed E-state index contributed by atoms with van der Waals surface area (Å²) in [6, 6.07) is 9.49. The van der Waals surface area contributed by atoms with Crippen LogP contribution in [0.1, 0.15) is 18.1 Å². The number of fused-ring (bicyclic) bond motifs is 1. The lowest BCUT2D eigenvalue weighted by Crippen LogP contribution is -2.45. The third-order valence-electron chi connectivity index (χ3n) is 4.89. The van der Waals surface area contributed by atoms with Crippen molar-refractivity contribution in [3.8, 4) is 0 Å². The zero-order valence-electron chi connectivity index (χ0n) is 16.9. The lowest BCUT2D eigenvalue weighted by molar-refractivity contribution is -0.116. The molecule has 9 heteroatoms. The topological polar surface area (TPSA) is 88.5 Å². The quantitative estimate of drug-likeness (QED) is 0.670. The third-order valence-corrected chi connectivity index (χ3v) is 7.13. The number of hydrogen-bond donors (Lipinski definition) is 1. The van der Waals surface area contributed by atoms with Crippen LogP contribution in [-0.2, 0) is 21.9 Å². The number of aromatic nitrogens is 1. The van der Waals surface area contributed by atoms with Gasteiger partial charge in [0.25, 0.3) is 0 Å². The highest BCUT2D eigenvalue weighted by Gasteiger charge is 2.29. The second-order valence-corrected chi connectivity index (χ2v) is 9.95. The minimum absolute atomic E-state index is 0.0881. The Labute approximate surface area is 173 Å². The molecular weight excluding hydrogens is 410 g/mol. The van der Waals surface area contributed by atoms with Crippen molar-refractivity contribution >= 4 is 48.9 Å². The van der Waals surface area contributed by atoms with Gasteiger partial charge in [0.1, 0.15) is 6.04 Å². The Morgan fingerprint density at radius 2 is 1.83 bits per heavy atom. The van der Waals surface area contributed by atoms with E-state index in [-0.39, 0.29) is 4.87 Å². The van der Waals surface area contributed by atoms with E-state index in [9.17, 15) is 18.0 Å². The maximum atomic E-state index is 12.9. The van der Waals surface area contributed by atoms with E-state index >= 15 is 0 Å². The summed E-state index contributed by atoms with van der Waals surface area (Å²) in [4.78, 5) is 24.6. The lowest BCUT2D eigenvalue weighted by atomic mass is 10.1. The molecule has 0 fully saturated rings. The average Bonchev–Trinajstić information content (AvgIpc) is 2.90. The van der Waals surface area contributed by atoms with Crippen LogP contribution in [0.3, 0.4) is 0 Å². The fraction of sp³-hybridized carbons (Fsp3) is 0.300. The van der Waals surface area contributed by atoms with Gasteiger partial charge in [0, 0.05) is 12.7 Å². The van der Waals surface area contributed by atoms with Crippen molar-refractivity contribution in [3.63, 3.8) is 0 Å². The molecule has 1 heterocycles. The molecule has 1 amide bonds. The van der Waals surface area contributed by atoms with Crippen molar-refractivity contribution in [1.29, 1.82) is 0 Å². The zero-order chi connectivity index (χ0) is 21.5. The highest BCUT2D eigenvalue weighted by atomic mass is 32.2. The van der Waals surface area contributed by atoms with E-state index in [1.165, 1.54) is 0 Å². The van der Waals surface area contributed by atoms with Crippen LogP contribution in [0.25, 0.3) is 10.2 Å². The standard InChI is InChI=1S/C20H23N3O4S2/c1-12-6-8-16(10-13(12)2)23(29(5,26)27)14(3)19(24)21-15-7-9-17-18(11-15)28-20(25)22(17)4/h6-11,14H,1-5H3,(H,21,24)/t14-/m1/s1. The molecular formula is C20H23N3O4S2. The first-order valence-corrected chi connectivity index (χ1v) is 11.6. The first kappa shape index (κ1) is 21.1. The van der Waals surface area contributed by atoms with E-state index in [0.29, 0.717) is 11.4 Å². The van der Waals surface area contributed by atoms with E-state index in [0.717, 1.165) is 43.2 Å². The number of thiazole rings is 1. The Balaban J connectivity index is 1.91. The van der Waals surface area contributed by atoms with Gasteiger partial charge >= 0.3 is 4.87 Å². The molecule has 0 saturated heterocycles. The van der Waals surface area contributed by atoms with Gasteiger partial charge < -0.3 is 9.88 Å². The molecule has 1 N–H and O–H groups in total. The van der Waals surface area contributed by atoms with Gasteiger partial charge in [-0.25, -0.2) is 8.42 Å². The number of nitrogens with zero attached hydrogens (tertiary/aromatic N) is 2. The molecule has 7 nitrogen and oxygen atoms in total. The highest BCUT2D eigenvalue weighted by molar-refractivity contribution is 7.92. The average molecular weight is 434 g/mol. The molecule has 2 aromatic carbocycles. The third kappa shape index (κ3) is 4.20. The summed E-state index contributed by atoms with van der Waals surface area (Å²) in [6.07, 6.45) is 1.08. The summed E-state index contributed by atoms with van der Waals surface area (Å²) in [5, 5.41) is 2.76. The Morgan fingerprint density at radius 3 is 2.45 bits per heavy atom. The van der Waals surface area contributed by atoms with Crippen molar-refractivity contribution in [2.24, 2.45) is 7.05 Å². The molecule has 1 atom stereocenters. The molecule has 1 aromatic heterocycles. The Kier molecular flexibility index (Phi) is 5.55. The van der Waals surface area contributed by atoms with Gasteiger partial charge in [0.2, 0.25) is 15.9 Å². The van der Waals surface area contributed by atoms with Crippen LogP contribution >= 0.6 is 11.3 Å². The summed E-state index contributed by atoms with van der Waals surface area (Å²) in [5.74, 6) is -0.462. The van der Waals surface area contributed by atoms with E-state index in [2.05, 4.69) is 5.32 Å². The first-order chi connectivity index (χ1) is 13.5. The summed E-state index contributed by atoms with van der Waals surface area (Å²) < 4.78 is 28.3. The molecule has 0 saturated carbocycles. The maximum Gasteiger partial charge on any atom is 0.307 e. The largest absolute Gasteiger partial charge is 0.324 e. The summed E-state index contributed by atoms with van der Waals surface area (Å²) in [6.45, 7) is 5.38. The smallest absolute Gasteiger partial charge is 0.307 e. The number of benzene rings is 2. The molecule has 0 spiro atoms. The van der Waals surface area contributed by atoms with Crippen LogP contribution in [0.5, 0.6) is 0 Å². The minimum Gasteiger partial charge on any atom is -0.324 e. The molecule has 29 heavy (non-hydrogen) atoms. The van der Waals surface area contributed by atoms with Crippen LogP contribution < -0.4 is 14.5 Å². The van der Waals surface area contributed by atoms with E-state index in [1.54, 1.807) is 48.9 Å². The molecule has 0 aliphatic carbocycles. The summed E-state index contributed by atoms with van der Waals surface area (Å²) >= 11 is 1.09. The van der Waals surface area contributed by atoms with Crippen molar-refractivity contribution in [2.75, 3.05) is 15.9 Å². The van der Waals surface area contributed by atoms with Gasteiger partial charge in [-0.1, -0.05) is 17.4 Å². The van der Waals surface area contributed by atoms with Gasteiger partial charge in [-0.15, -0.1) is 0 Å². The fourth-order valence-electron chi connectivity index (χ4n) is 3.13. The molecule has 0 unspecified atom stereocenters. The van der Waals surface area contributed by atoms with E-state index in [4.69, 9.17) is 0 Å². The number of anilines is 2. The monoisotopic (exact) mass is 433 g/mol. The van der Waals surface area contributed by atoms with Crippen LogP contribution in [0, 0.1) is 13.8 Å². The van der Waals surface area contributed by atoms with Crippen molar-refractivity contribution in [1.82, 2.24) is 4.57 Å². The molecule has 0 aliphatic rings. The number of sulfonamides is 1. The van der Waals surface area contributed by atoms with Crippen molar-refractivity contribution in [2.45, 2.75) is 26.8 Å². The van der Waals surface area contributed by atoms with E-state index in [1.807, 2.05) is 19.9 Å². The minimum atomic E-state index is -3.69. The number of nitrogens with one attached hydrogen (secondary N) is 1. The molecule has 0 aliphatic heterocycles. The lowest BCUT2D eigenvalue weighted by Gasteiger charge is -2.28. The van der Waals surface area contributed by atoms with Crippen molar-refractivity contribution < 1.29 is 13.2 Å². The van der Waals surface area contributed by atoms with Gasteiger partial charge in [0.15, 0.2) is 0 Å². The van der Waals surface area contributed by atoms with Gasteiger partial charge in [-0.3, -0.25) is 13.9 Å². The number of carbonyl (C=O) groups excluding carboxylic acids is 1. The number of carbonyl (C=O) groups is 1. The van der Waals surface area contributed by atoms with Gasteiger partial charge in [0.05, 0.1) is 22.2 Å². The van der Waals surface area contributed by atoms with E-state index < -0.39 is 22.0 Å². The number of aryl methyl sites for hydroxylation is 3. The molecule has 3 rings (SSSR count). The molecule has 0 bridgehead atoms. The maximum absolute atomic E-state index is 12.9. The molecule has 0 radical (unpaired) electrons. The SMILES string of the molecule is Cc1ccc(N([C@H](C)C(=O)Nc2ccc3c(c2)sc(=O)n3C)S(C)(=O)=O)cc1C. The van der Waals surface area contributed by atoms with Crippen LogP contribution in [0.4, 0.5) is 11.4 Å². The fourth-order valence-corrected chi connectivity index (χ4v) is 5.22.